The van der Waals surface area contributed by atoms with E-state index in [-0.39, 0.29) is 62.5 Å². The van der Waals surface area contributed by atoms with Gasteiger partial charge in [-0.1, -0.05) is 35.3 Å². The Kier molecular flexibility index (Phi) is 6.64. The van der Waals surface area contributed by atoms with Gasteiger partial charge in [-0.2, -0.15) is 9.94 Å². The molecule has 1 radical (unpaired) electrons. The number of hydrogen-bond acceptors (Lipinski definition) is 7. The normalized spacial score (nSPS) is 10.4. The Morgan fingerprint density at radius 2 is 1.68 bits per heavy atom. The molecule has 4 rings (SSSR count). The van der Waals surface area contributed by atoms with Gasteiger partial charge in [-0.15, -0.1) is 10.2 Å². The molecule has 2 aromatic carbocycles. The van der Waals surface area contributed by atoms with Crippen LogP contribution in [0.25, 0.3) is 16.5 Å². The molecule has 149 valence electrons. The van der Waals surface area contributed by atoms with Crippen molar-refractivity contribution in [3.8, 4) is 23.4 Å². The second kappa shape index (κ2) is 9.05. The van der Waals surface area contributed by atoms with Crippen LogP contribution in [0.4, 0.5) is 0 Å². The fourth-order valence-corrected chi connectivity index (χ4v) is 3.23. The van der Waals surface area contributed by atoms with Crippen LogP contribution in [0.5, 0.6) is 11.6 Å². The third kappa shape index (κ3) is 4.27. The minimum absolute atomic E-state index is 0. The average molecular weight is 466 g/mol. The number of hydrogen-bond donors (Lipinski definition) is 2. The van der Waals surface area contributed by atoms with Crippen LogP contribution in [-0.4, -0.2) is 54.5 Å². The number of aromatic nitrogens is 5. The zero-order valence-electron chi connectivity index (χ0n) is 15.6. The molecule has 13 heteroatoms. The molecule has 0 spiro atoms. The van der Waals surface area contributed by atoms with Crippen molar-refractivity contribution in [2.24, 2.45) is 0 Å². The van der Waals surface area contributed by atoms with E-state index in [2.05, 4.69) is 15.3 Å². The van der Waals surface area contributed by atoms with E-state index in [1.165, 1.54) is 12.1 Å². The zero-order chi connectivity index (χ0) is 21.4. The van der Waals surface area contributed by atoms with E-state index in [0.717, 1.165) is 4.68 Å². The summed E-state index contributed by atoms with van der Waals surface area (Å²) in [7, 11) is 0. The van der Waals surface area contributed by atoms with Crippen molar-refractivity contribution in [3.63, 3.8) is 0 Å². The van der Waals surface area contributed by atoms with E-state index < -0.39 is 16.9 Å². The summed E-state index contributed by atoms with van der Waals surface area (Å²) >= 11 is 12.6. The van der Waals surface area contributed by atoms with Gasteiger partial charge in [0.15, 0.2) is 5.75 Å². The summed E-state index contributed by atoms with van der Waals surface area (Å²) in [5.74, 6) is 0.0811. The maximum Gasteiger partial charge on any atom is 0.349 e. The van der Waals surface area contributed by atoms with Gasteiger partial charge in [-0.3, -0.25) is 14.6 Å². The van der Waals surface area contributed by atoms with Gasteiger partial charge >= 0.3 is 5.69 Å². The number of halogens is 2. The molecule has 2 N–H and O–H groups in total. The number of nitrogens with one attached hydrogen (secondary N) is 2. The van der Waals surface area contributed by atoms with E-state index in [1.54, 1.807) is 30.3 Å². The minimum atomic E-state index is -0.910. The number of nitrogens with zero attached hydrogens (tertiary/aromatic N) is 4. The third-order valence-corrected chi connectivity index (χ3v) is 4.58. The Bertz CT molecular complexity index is 1520. The van der Waals surface area contributed by atoms with Gasteiger partial charge in [-0.25, -0.2) is 9.89 Å². The molecule has 0 saturated carbocycles. The molecule has 0 aliphatic rings. The molecule has 0 aliphatic heterocycles. The second-order valence-corrected chi connectivity index (χ2v) is 6.69. The molecule has 10 nitrogen and oxygen atoms in total. The van der Waals surface area contributed by atoms with E-state index in [4.69, 9.17) is 33.2 Å². The molecule has 0 bridgehead atoms. The molecule has 2 heterocycles. The molecule has 0 fully saturated rings. The smallest absolute Gasteiger partial charge is 0.349 e. The SMILES string of the molecule is N#Cc1nn(-c2cc(Cl)c(Oc3n[nH]c(=O)c4ccccc34)c(Cl)c2)c(=O)[nH]c1=O.[Na]. The first-order chi connectivity index (χ1) is 14.4. The summed E-state index contributed by atoms with van der Waals surface area (Å²) in [6.07, 6.45) is 0. The third-order valence-electron chi connectivity index (χ3n) is 4.02. The van der Waals surface area contributed by atoms with E-state index in [9.17, 15) is 14.4 Å². The Labute approximate surface area is 204 Å². The monoisotopic (exact) mass is 465 g/mol. The van der Waals surface area contributed by atoms with E-state index in [1.807, 2.05) is 4.98 Å². The van der Waals surface area contributed by atoms with Crippen molar-refractivity contribution >= 4 is 63.5 Å². The van der Waals surface area contributed by atoms with Crippen LogP contribution in [0.15, 0.2) is 50.8 Å². The Hall–Kier alpha value is -2.94. The van der Waals surface area contributed by atoms with Crippen LogP contribution in [-0.2, 0) is 0 Å². The van der Waals surface area contributed by atoms with Gasteiger partial charge in [0.1, 0.15) is 6.07 Å². The zero-order valence-corrected chi connectivity index (χ0v) is 19.2. The summed E-state index contributed by atoms with van der Waals surface area (Å²) in [6.45, 7) is 0. The van der Waals surface area contributed by atoms with Gasteiger partial charge in [0.25, 0.3) is 11.1 Å². The molecule has 0 amide bonds. The molecule has 0 saturated heterocycles. The van der Waals surface area contributed by atoms with Gasteiger partial charge in [0, 0.05) is 29.6 Å². The first kappa shape index (κ1) is 22.7. The second-order valence-electron chi connectivity index (χ2n) is 5.88. The van der Waals surface area contributed by atoms with Crippen molar-refractivity contribution in [2.45, 2.75) is 0 Å². The summed E-state index contributed by atoms with van der Waals surface area (Å²) in [5.41, 5.74) is -2.59. The molecule has 0 unspecified atom stereocenters. The number of benzene rings is 2. The standard InChI is InChI=1S/C18H8Cl2N6O4.Na/c19-11-5-8(26-18(29)22-16(28)13(7-21)25-26)6-12(20)14(11)30-17-10-4-2-1-3-9(10)15(27)23-24-17;/h1-6H,(H,23,27)(H,22,28,29);. The molecule has 2 aromatic heterocycles. The Morgan fingerprint density at radius 3 is 2.32 bits per heavy atom. The van der Waals surface area contributed by atoms with E-state index in [0.29, 0.717) is 10.8 Å². The Balaban J connectivity index is 0.00000272. The maximum absolute atomic E-state index is 12.1. The molecule has 0 atom stereocenters. The largest absolute Gasteiger partial charge is 0.434 e. The molecule has 0 aliphatic carbocycles. The van der Waals surface area contributed by atoms with Crippen molar-refractivity contribution in [1.82, 2.24) is 25.0 Å². The maximum atomic E-state index is 12.1. The first-order valence-electron chi connectivity index (χ1n) is 8.17. The van der Waals surface area contributed by atoms with Crippen LogP contribution >= 0.6 is 23.2 Å². The molecular formula is C18H8Cl2N6NaO4. The average Bonchev–Trinajstić information content (AvgIpc) is 2.72. The fourth-order valence-electron chi connectivity index (χ4n) is 2.68. The first-order valence-corrected chi connectivity index (χ1v) is 8.93. The van der Waals surface area contributed by atoms with Crippen molar-refractivity contribution in [2.75, 3.05) is 0 Å². The quantitative estimate of drug-likeness (QED) is 0.438. The fraction of sp³-hybridized carbons (Fsp3) is 0. The van der Waals surface area contributed by atoms with Crippen molar-refractivity contribution in [3.05, 3.63) is 83.3 Å². The predicted octanol–water partition coefficient (Wildman–Crippen LogP) is 1.75. The van der Waals surface area contributed by atoms with E-state index >= 15 is 0 Å². The topological polar surface area (TPSA) is 147 Å². The van der Waals surface area contributed by atoms with Crippen molar-refractivity contribution < 1.29 is 4.74 Å². The van der Waals surface area contributed by atoms with Gasteiger partial charge in [0.05, 0.1) is 26.5 Å². The number of rotatable bonds is 3. The molecular weight excluding hydrogens is 458 g/mol. The number of ether oxygens (including phenoxy) is 1. The van der Waals surface area contributed by atoms with Gasteiger partial charge in [-0.05, 0) is 24.3 Å². The molecule has 31 heavy (non-hydrogen) atoms. The van der Waals surface area contributed by atoms with Gasteiger partial charge < -0.3 is 4.74 Å². The summed E-state index contributed by atoms with van der Waals surface area (Å²) in [4.78, 5) is 37.5. The number of aromatic amines is 2. The number of nitriles is 1. The van der Waals surface area contributed by atoms with Crippen LogP contribution in [0.1, 0.15) is 5.69 Å². The summed E-state index contributed by atoms with van der Waals surface area (Å²) < 4.78 is 6.50. The molecule has 4 aromatic rings. The minimum Gasteiger partial charge on any atom is -0.434 e. The number of H-pyrrole nitrogens is 2. The predicted molar refractivity (Wildman–Crippen MR) is 113 cm³/mol. The van der Waals surface area contributed by atoms with Crippen LogP contribution in [0.3, 0.4) is 0 Å². The Morgan fingerprint density at radius 1 is 1.03 bits per heavy atom. The number of fused-ring (bicyclic) bond motifs is 1. The summed E-state index contributed by atoms with van der Waals surface area (Å²) in [5, 5.41) is 19.7. The summed E-state index contributed by atoms with van der Waals surface area (Å²) in [6, 6.07) is 10.9. The van der Waals surface area contributed by atoms with Crippen LogP contribution < -0.4 is 21.5 Å². The van der Waals surface area contributed by atoms with Crippen molar-refractivity contribution in [1.29, 1.82) is 5.26 Å². The van der Waals surface area contributed by atoms with Crippen LogP contribution in [0, 0.1) is 11.3 Å². The van der Waals surface area contributed by atoms with Crippen LogP contribution in [0.2, 0.25) is 10.0 Å². The van der Waals surface area contributed by atoms with Gasteiger partial charge in [0.2, 0.25) is 11.6 Å².